The van der Waals surface area contributed by atoms with Crippen molar-refractivity contribution in [3.63, 3.8) is 0 Å². The number of amides is 1. The molecular weight excluding hydrogens is 441 g/mol. The fourth-order valence-corrected chi connectivity index (χ4v) is 3.13. The summed E-state index contributed by atoms with van der Waals surface area (Å²) in [5.41, 5.74) is 3.04. The Kier molecular flexibility index (Phi) is 13.5. The predicted molar refractivity (Wildman–Crippen MR) is 145 cm³/mol. The van der Waals surface area contributed by atoms with E-state index in [1.54, 1.807) is 32.6 Å². The van der Waals surface area contributed by atoms with Gasteiger partial charge in [-0.1, -0.05) is 64.1 Å². The van der Waals surface area contributed by atoms with Gasteiger partial charge in [0.15, 0.2) is 0 Å². The molecule has 0 radical (unpaired) electrons. The minimum atomic E-state index is -0.321. The van der Waals surface area contributed by atoms with Crippen molar-refractivity contribution in [1.29, 1.82) is 0 Å². The second-order valence-electron chi connectivity index (χ2n) is 7.13. The van der Waals surface area contributed by atoms with Crippen LogP contribution >= 0.6 is 0 Å². The summed E-state index contributed by atoms with van der Waals surface area (Å²) in [7, 11) is 1.70. The van der Waals surface area contributed by atoms with Gasteiger partial charge in [0, 0.05) is 37.1 Å². The molecule has 1 aromatic heterocycles. The zero-order chi connectivity index (χ0) is 26.2. The molecular formula is C29H38FN3O2. The van der Waals surface area contributed by atoms with Crippen LogP contribution in [-0.4, -0.2) is 29.3 Å². The summed E-state index contributed by atoms with van der Waals surface area (Å²) in [4.78, 5) is 16.8. The molecule has 1 heterocycles. The van der Waals surface area contributed by atoms with Gasteiger partial charge >= 0.3 is 6.09 Å². The lowest BCUT2D eigenvalue weighted by atomic mass is 10.1. The van der Waals surface area contributed by atoms with Crippen molar-refractivity contribution in [2.24, 2.45) is 0 Å². The maximum atomic E-state index is 13.6. The van der Waals surface area contributed by atoms with Crippen LogP contribution in [-0.2, 0) is 11.3 Å². The number of carbonyl (C=O) groups excluding carboxylic acids is 1. The van der Waals surface area contributed by atoms with Gasteiger partial charge in [0.05, 0.1) is 12.9 Å². The number of halogens is 1. The van der Waals surface area contributed by atoms with Gasteiger partial charge in [0.25, 0.3) is 0 Å². The van der Waals surface area contributed by atoms with Crippen LogP contribution in [0, 0.1) is 12.7 Å². The number of nitrogens with zero attached hydrogens (tertiary/aromatic N) is 3. The van der Waals surface area contributed by atoms with E-state index in [1.165, 1.54) is 11.0 Å². The highest BCUT2D eigenvalue weighted by Gasteiger charge is 2.10. The predicted octanol–water partition coefficient (Wildman–Crippen LogP) is 7.86. The van der Waals surface area contributed by atoms with Crippen LogP contribution in [0.3, 0.4) is 0 Å². The summed E-state index contributed by atoms with van der Waals surface area (Å²) >= 11 is 0. The van der Waals surface area contributed by atoms with E-state index in [1.807, 2.05) is 93.9 Å². The van der Waals surface area contributed by atoms with Crippen molar-refractivity contribution in [2.45, 2.75) is 48.1 Å². The van der Waals surface area contributed by atoms with Crippen molar-refractivity contribution in [3.05, 3.63) is 96.3 Å². The molecule has 0 saturated heterocycles. The second-order valence-corrected chi connectivity index (χ2v) is 7.13. The van der Waals surface area contributed by atoms with Gasteiger partial charge in [-0.15, -0.1) is 0 Å². The van der Waals surface area contributed by atoms with E-state index < -0.39 is 0 Å². The Morgan fingerprint density at radius 1 is 1.03 bits per heavy atom. The molecule has 0 unspecified atom stereocenters. The molecule has 0 aliphatic carbocycles. The van der Waals surface area contributed by atoms with Crippen LogP contribution in [0.2, 0.25) is 0 Å². The summed E-state index contributed by atoms with van der Waals surface area (Å²) in [6, 6.07) is 18.7. The first-order valence-corrected chi connectivity index (χ1v) is 12.1. The number of carbonyl (C=O) groups is 1. The molecule has 4 aromatic rings. The molecule has 4 rings (SSSR count). The highest BCUT2D eigenvalue weighted by molar-refractivity contribution is 5.87. The van der Waals surface area contributed by atoms with Crippen LogP contribution < -0.4 is 4.90 Å². The molecule has 0 aliphatic heterocycles. The van der Waals surface area contributed by atoms with Crippen molar-refractivity contribution >= 4 is 22.6 Å². The molecule has 0 spiro atoms. The Bertz CT molecular complexity index is 1140. The van der Waals surface area contributed by atoms with Crippen molar-refractivity contribution in [1.82, 2.24) is 9.55 Å². The molecule has 6 heteroatoms. The van der Waals surface area contributed by atoms with Gasteiger partial charge < -0.3 is 9.30 Å². The lowest BCUT2D eigenvalue weighted by molar-refractivity contribution is 0.161. The smallest absolute Gasteiger partial charge is 0.413 e. The number of ether oxygens (including phenoxy) is 1. The molecule has 188 valence electrons. The normalized spacial score (nSPS) is 9.49. The largest absolute Gasteiger partial charge is 0.449 e. The lowest BCUT2D eigenvalue weighted by Gasteiger charge is -2.16. The standard InChI is InChI=1S/C14H11FN2.C11H15NO2.2C2H6/c15-14-3-1-2-12-5-4-11(8-13(12)14)9-17-7-6-16-10-17;1-4-14-11(13)12(3)10-7-5-6-9(2)8-10;2*1-2/h1-8,10H,9H2;5-8H,4H2,1-3H3;2*1-2H3. The highest BCUT2D eigenvalue weighted by atomic mass is 19.1. The van der Waals surface area contributed by atoms with Crippen LogP contribution in [0.15, 0.2) is 79.4 Å². The summed E-state index contributed by atoms with van der Waals surface area (Å²) in [6.07, 6.45) is 5.07. The van der Waals surface area contributed by atoms with E-state index in [0.717, 1.165) is 22.2 Å². The van der Waals surface area contributed by atoms with E-state index in [9.17, 15) is 9.18 Å². The van der Waals surface area contributed by atoms with Crippen molar-refractivity contribution < 1.29 is 13.9 Å². The number of benzene rings is 3. The summed E-state index contributed by atoms with van der Waals surface area (Å²) in [6.45, 7) is 12.9. The van der Waals surface area contributed by atoms with Gasteiger partial charge in [-0.3, -0.25) is 4.90 Å². The van der Waals surface area contributed by atoms with Gasteiger partial charge in [-0.05, 0) is 54.6 Å². The number of hydrogen-bond acceptors (Lipinski definition) is 3. The average Bonchev–Trinajstić information content (AvgIpc) is 3.40. The van der Waals surface area contributed by atoms with Crippen LogP contribution in [0.5, 0.6) is 0 Å². The number of anilines is 1. The molecule has 5 nitrogen and oxygen atoms in total. The van der Waals surface area contributed by atoms with Crippen LogP contribution in [0.4, 0.5) is 14.9 Å². The highest BCUT2D eigenvalue weighted by Crippen LogP contribution is 2.19. The first-order valence-electron chi connectivity index (χ1n) is 12.1. The first-order chi connectivity index (χ1) is 17.0. The van der Waals surface area contributed by atoms with Gasteiger partial charge in [-0.2, -0.15) is 0 Å². The third kappa shape index (κ3) is 9.24. The minimum absolute atomic E-state index is 0.171. The van der Waals surface area contributed by atoms with Crippen molar-refractivity contribution in [3.8, 4) is 0 Å². The number of aryl methyl sites for hydroxylation is 1. The topological polar surface area (TPSA) is 47.4 Å². The summed E-state index contributed by atoms with van der Waals surface area (Å²) < 4.78 is 20.5. The van der Waals surface area contributed by atoms with E-state index in [4.69, 9.17) is 4.74 Å². The number of aromatic nitrogens is 2. The lowest BCUT2D eigenvalue weighted by Crippen LogP contribution is -2.26. The molecule has 1 amide bonds. The average molecular weight is 480 g/mol. The number of fused-ring (bicyclic) bond motifs is 1. The van der Waals surface area contributed by atoms with Gasteiger partial charge in [0.1, 0.15) is 5.82 Å². The molecule has 0 aliphatic rings. The Hall–Kier alpha value is -3.67. The zero-order valence-corrected chi connectivity index (χ0v) is 22.0. The van der Waals surface area contributed by atoms with Crippen LogP contribution in [0.25, 0.3) is 10.8 Å². The quantitative estimate of drug-likeness (QED) is 0.299. The fourth-order valence-electron chi connectivity index (χ4n) is 3.13. The number of hydrogen-bond donors (Lipinski definition) is 0. The monoisotopic (exact) mass is 479 g/mol. The Labute approximate surface area is 209 Å². The third-order valence-electron chi connectivity index (χ3n) is 4.75. The Balaban J connectivity index is 0.000000312. The summed E-state index contributed by atoms with van der Waals surface area (Å²) in [5.74, 6) is -0.171. The molecule has 0 bridgehead atoms. The summed E-state index contributed by atoms with van der Waals surface area (Å²) in [5, 5.41) is 1.60. The molecule has 0 atom stereocenters. The van der Waals surface area contributed by atoms with E-state index in [2.05, 4.69) is 4.98 Å². The second kappa shape index (κ2) is 16.0. The molecule has 0 N–H and O–H groups in total. The number of imidazole rings is 1. The van der Waals surface area contributed by atoms with Crippen molar-refractivity contribution in [2.75, 3.05) is 18.6 Å². The zero-order valence-electron chi connectivity index (χ0n) is 22.0. The van der Waals surface area contributed by atoms with E-state index in [0.29, 0.717) is 18.5 Å². The number of rotatable bonds is 4. The molecule has 0 fully saturated rings. The Morgan fingerprint density at radius 2 is 1.74 bits per heavy atom. The van der Waals surface area contributed by atoms with E-state index in [-0.39, 0.29) is 11.9 Å². The molecule has 3 aromatic carbocycles. The van der Waals surface area contributed by atoms with Gasteiger partial charge in [-0.25, -0.2) is 14.2 Å². The maximum absolute atomic E-state index is 13.6. The first kappa shape index (κ1) is 29.4. The van der Waals surface area contributed by atoms with Crippen LogP contribution in [0.1, 0.15) is 45.7 Å². The fraction of sp³-hybridized carbons (Fsp3) is 0.310. The van der Waals surface area contributed by atoms with Gasteiger partial charge in [0.2, 0.25) is 0 Å². The Morgan fingerprint density at radius 3 is 2.37 bits per heavy atom. The SMILES string of the molecule is CC.CC.CCOC(=O)N(C)c1cccc(C)c1.Fc1cccc2ccc(Cn3ccnc3)cc12. The molecule has 35 heavy (non-hydrogen) atoms. The maximum Gasteiger partial charge on any atom is 0.413 e. The molecule has 0 saturated carbocycles. The van der Waals surface area contributed by atoms with E-state index >= 15 is 0 Å². The third-order valence-corrected chi connectivity index (χ3v) is 4.75. The minimum Gasteiger partial charge on any atom is -0.449 e.